The third-order valence-corrected chi connectivity index (χ3v) is 7.11. The number of hydrogen-bond donors (Lipinski definition) is 1. The third-order valence-electron chi connectivity index (χ3n) is 4.13. The van der Waals surface area contributed by atoms with Gasteiger partial charge in [-0.25, -0.2) is 13.2 Å². The van der Waals surface area contributed by atoms with Crippen molar-refractivity contribution in [2.45, 2.75) is 38.1 Å². The Morgan fingerprint density at radius 3 is 2.78 bits per heavy atom. The molecule has 1 saturated heterocycles. The van der Waals surface area contributed by atoms with Crippen LogP contribution in [0.1, 0.15) is 39.4 Å². The maximum atomic E-state index is 12.0. The fourth-order valence-electron chi connectivity index (χ4n) is 2.97. The summed E-state index contributed by atoms with van der Waals surface area (Å²) in [6.45, 7) is -0.377. The summed E-state index contributed by atoms with van der Waals surface area (Å²) in [5.74, 6) is -0.886. The van der Waals surface area contributed by atoms with E-state index in [1.807, 2.05) is 6.07 Å². The Hall–Kier alpha value is -1.41. The molecule has 1 aliphatic carbocycles. The molecule has 0 radical (unpaired) electrons. The molecular weight excluding hydrogens is 338 g/mol. The van der Waals surface area contributed by atoms with Crippen LogP contribution in [-0.2, 0) is 32.2 Å². The fourth-order valence-corrected chi connectivity index (χ4v) is 5.79. The molecule has 1 aromatic heterocycles. The Kier molecular flexibility index (Phi) is 4.72. The van der Waals surface area contributed by atoms with E-state index >= 15 is 0 Å². The number of rotatable bonds is 4. The van der Waals surface area contributed by atoms with E-state index in [2.05, 4.69) is 5.32 Å². The highest BCUT2D eigenvalue weighted by atomic mass is 32.2. The molecule has 2 heterocycles. The van der Waals surface area contributed by atoms with Gasteiger partial charge < -0.3 is 10.1 Å². The molecule has 23 heavy (non-hydrogen) atoms. The van der Waals surface area contributed by atoms with Gasteiger partial charge in [-0.3, -0.25) is 4.79 Å². The van der Waals surface area contributed by atoms with E-state index in [4.69, 9.17) is 4.74 Å². The molecule has 8 heteroatoms. The first-order valence-corrected chi connectivity index (χ1v) is 10.4. The average molecular weight is 357 g/mol. The van der Waals surface area contributed by atoms with Gasteiger partial charge in [0.2, 0.25) is 0 Å². The van der Waals surface area contributed by atoms with Crippen LogP contribution in [0.4, 0.5) is 0 Å². The van der Waals surface area contributed by atoms with Gasteiger partial charge in [-0.2, -0.15) is 0 Å². The summed E-state index contributed by atoms with van der Waals surface area (Å²) >= 11 is 1.44. The molecule has 1 fully saturated rings. The van der Waals surface area contributed by atoms with Gasteiger partial charge in [-0.05, 0) is 43.7 Å². The number of amides is 1. The minimum atomic E-state index is -3.04. The van der Waals surface area contributed by atoms with Crippen molar-refractivity contribution in [3.05, 3.63) is 21.4 Å². The lowest BCUT2D eigenvalue weighted by Crippen LogP contribution is -2.38. The molecular formula is C15H19NO5S2. The van der Waals surface area contributed by atoms with E-state index in [0.717, 1.165) is 25.7 Å². The number of carbonyl (C=O) groups excluding carboxylic acids is 2. The van der Waals surface area contributed by atoms with E-state index in [0.29, 0.717) is 11.3 Å². The lowest BCUT2D eigenvalue weighted by Gasteiger charge is -2.10. The van der Waals surface area contributed by atoms with Gasteiger partial charge in [0.05, 0.1) is 11.5 Å². The molecule has 0 aromatic carbocycles. The number of nitrogens with one attached hydrogen (secondary N) is 1. The molecule has 1 aliphatic heterocycles. The summed E-state index contributed by atoms with van der Waals surface area (Å²) in [5, 5.41) is 2.60. The highest BCUT2D eigenvalue weighted by Crippen LogP contribution is 2.29. The Labute approximate surface area is 139 Å². The lowest BCUT2D eigenvalue weighted by atomic mass is 9.99. The number of thiophene rings is 1. The number of aryl methyl sites for hydroxylation is 2. The van der Waals surface area contributed by atoms with Crippen molar-refractivity contribution >= 4 is 33.1 Å². The number of carbonyl (C=O) groups is 2. The fraction of sp³-hybridized carbons (Fsp3) is 0.600. The molecule has 6 nitrogen and oxygen atoms in total. The van der Waals surface area contributed by atoms with Gasteiger partial charge in [-0.15, -0.1) is 11.3 Å². The Morgan fingerprint density at radius 1 is 1.30 bits per heavy atom. The topological polar surface area (TPSA) is 89.5 Å². The number of fused-ring (bicyclic) bond motifs is 1. The van der Waals surface area contributed by atoms with Crippen molar-refractivity contribution in [3.8, 4) is 0 Å². The van der Waals surface area contributed by atoms with E-state index < -0.39 is 21.7 Å². The van der Waals surface area contributed by atoms with Crippen molar-refractivity contribution in [1.82, 2.24) is 5.32 Å². The zero-order chi connectivity index (χ0) is 16.4. The van der Waals surface area contributed by atoms with Crippen LogP contribution in [0.5, 0.6) is 0 Å². The van der Waals surface area contributed by atoms with Crippen LogP contribution >= 0.6 is 11.3 Å². The van der Waals surface area contributed by atoms with Crippen molar-refractivity contribution in [1.29, 1.82) is 0 Å². The number of esters is 1. The van der Waals surface area contributed by atoms with Crippen LogP contribution < -0.4 is 5.32 Å². The molecule has 3 rings (SSSR count). The largest absolute Gasteiger partial charge is 0.451 e. The molecule has 0 unspecified atom stereocenters. The molecule has 0 spiro atoms. The third kappa shape index (κ3) is 4.11. The smallest absolute Gasteiger partial charge is 0.348 e. The summed E-state index contributed by atoms with van der Waals surface area (Å²) in [6, 6.07) is 1.49. The highest BCUT2D eigenvalue weighted by Gasteiger charge is 2.29. The van der Waals surface area contributed by atoms with Crippen molar-refractivity contribution < 1.29 is 22.7 Å². The van der Waals surface area contributed by atoms with E-state index in [-0.39, 0.29) is 24.2 Å². The first-order chi connectivity index (χ1) is 10.9. The van der Waals surface area contributed by atoms with E-state index in [1.54, 1.807) is 0 Å². The second-order valence-electron chi connectivity index (χ2n) is 6.01. The standard InChI is InChI=1S/C15H19NO5S2/c17-14(16-11-5-6-23(19,20)9-11)8-21-15(18)13-7-10-3-1-2-4-12(10)22-13/h7,11H,1-6,8-9H2,(H,16,17)/t11-/m1/s1. The molecule has 126 valence electrons. The lowest BCUT2D eigenvalue weighted by molar-refractivity contribution is -0.124. The zero-order valence-corrected chi connectivity index (χ0v) is 14.3. The molecule has 1 aromatic rings. The van der Waals surface area contributed by atoms with Gasteiger partial charge in [0.25, 0.3) is 5.91 Å². The molecule has 2 aliphatic rings. The Morgan fingerprint density at radius 2 is 2.09 bits per heavy atom. The second-order valence-corrected chi connectivity index (χ2v) is 9.38. The maximum absolute atomic E-state index is 12.0. The first-order valence-electron chi connectivity index (χ1n) is 7.71. The monoisotopic (exact) mass is 357 g/mol. The van der Waals surface area contributed by atoms with Crippen LogP contribution in [-0.4, -0.2) is 44.4 Å². The summed E-state index contributed by atoms with van der Waals surface area (Å²) in [5.41, 5.74) is 1.22. The predicted molar refractivity (Wildman–Crippen MR) is 86.4 cm³/mol. The van der Waals surface area contributed by atoms with Crippen molar-refractivity contribution in [3.63, 3.8) is 0 Å². The summed E-state index contributed by atoms with van der Waals surface area (Å²) in [4.78, 5) is 25.6. The summed E-state index contributed by atoms with van der Waals surface area (Å²) < 4.78 is 27.7. The minimum Gasteiger partial charge on any atom is -0.451 e. The first kappa shape index (κ1) is 16.4. The van der Waals surface area contributed by atoms with Gasteiger partial charge in [0.1, 0.15) is 4.88 Å². The summed E-state index contributed by atoms with van der Waals surface area (Å²) in [7, 11) is -3.04. The SMILES string of the molecule is O=C(COC(=O)c1cc2c(s1)CCCC2)N[C@@H]1CCS(=O)(=O)C1. The van der Waals surface area contributed by atoms with Crippen LogP contribution in [0, 0.1) is 0 Å². The quantitative estimate of drug-likeness (QED) is 0.815. The van der Waals surface area contributed by atoms with Gasteiger partial charge in [0.15, 0.2) is 16.4 Å². The van der Waals surface area contributed by atoms with E-state index in [1.165, 1.54) is 21.8 Å². The van der Waals surface area contributed by atoms with Crippen LogP contribution in [0.3, 0.4) is 0 Å². The normalized spacial score (nSPS) is 22.3. The van der Waals surface area contributed by atoms with E-state index in [9.17, 15) is 18.0 Å². The minimum absolute atomic E-state index is 0.0374. The molecule has 1 amide bonds. The van der Waals surface area contributed by atoms with Crippen LogP contribution in [0.2, 0.25) is 0 Å². The van der Waals surface area contributed by atoms with Gasteiger partial charge >= 0.3 is 5.97 Å². The maximum Gasteiger partial charge on any atom is 0.348 e. The average Bonchev–Trinajstić information content (AvgIpc) is 3.07. The Balaban J connectivity index is 1.49. The predicted octanol–water partition coefficient (Wildman–Crippen LogP) is 1.09. The van der Waals surface area contributed by atoms with Crippen LogP contribution in [0.15, 0.2) is 6.07 Å². The molecule has 0 bridgehead atoms. The second kappa shape index (κ2) is 6.60. The molecule has 1 atom stereocenters. The Bertz CT molecular complexity index is 699. The summed E-state index contributed by atoms with van der Waals surface area (Å²) in [6.07, 6.45) is 4.71. The number of ether oxygens (including phenoxy) is 1. The van der Waals surface area contributed by atoms with Gasteiger partial charge in [0, 0.05) is 10.9 Å². The molecule has 0 saturated carbocycles. The van der Waals surface area contributed by atoms with Crippen LogP contribution in [0.25, 0.3) is 0 Å². The molecule has 1 N–H and O–H groups in total. The number of hydrogen-bond acceptors (Lipinski definition) is 6. The van der Waals surface area contributed by atoms with Crippen molar-refractivity contribution in [2.75, 3.05) is 18.1 Å². The van der Waals surface area contributed by atoms with Crippen molar-refractivity contribution in [2.24, 2.45) is 0 Å². The number of sulfone groups is 1. The zero-order valence-electron chi connectivity index (χ0n) is 12.7. The highest BCUT2D eigenvalue weighted by molar-refractivity contribution is 7.91. The van der Waals surface area contributed by atoms with Gasteiger partial charge in [-0.1, -0.05) is 0 Å².